The van der Waals surface area contributed by atoms with Crippen LogP contribution in [0.15, 0.2) is 22.7 Å². The molecule has 3 rings (SSSR count). The molecule has 2 aromatic rings. The Hall–Kier alpha value is -2.65. The molecule has 1 unspecified atom stereocenters. The highest BCUT2D eigenvalue weighted by Gasteiger charge is 2.35. The van der Waals surface area contributed by atoms with E-state index in [1.807, 2.05) is 0 Å². The van der Waals surface area contributed by atoms with Gasteiger partial charge in [0.1, 0.15) is 5.82 Å². The monoisotopic (exact) mass is 359 g/mol. The average Bonchev–Trinajstić information content (AvgIpc) is 3.04. The Balaban J connectivity index is 1.86. The van der Waals surface area contributed by atoms with Crippen LogP contribution in [0.25, 0.3) is 11.4 Å². The predicted octanol–water partition coefficient (Wildman–Crippen LogP) is 3.75. The number of hydrogen-bond acceptors (Lipinski definition) is 4. The summed E-state index contributed by atoms with van der Waals surface area (Å²) in [5, 5.41) is 12.7. The van der Waals surface area contributed by atoms with Crippen LogP contribution in [-0.4, -0.2) is 39.3 Å². The molecule has 10 heteroatoms. The summed E-state index contributed by atoms with van der Waals surface area (Å²) in [6.07, 6.45) is -4.65. The van der Waals surface area contributed by atoms with Crippen molar-refractivity contribution in [2.75, 3.05) is 13.1 Å². The minimum Gasteiger partial charge on any atom is -0.465 e. The van der Waals surface area contributed by atoms with Gasteiger partial charge in [0.2, 0.25) is 11.7 Å². The van der Waals surface area contributed by atoms with Crippen LogP contribution in [0.5, 0.6) is 0 Å². The van der Waals surface area contributed by atoms with E-state index in [9.17, 15) is 22.4 Å². The van der Waals surface area contributed by atoms with Crippen molar-refractivity contribution in [1.29, 1.82) is 0 Å². The molecule has 1 saturated heterocycles. The number of benzene rings is 1. The van der Waals surface area contributed by atoms with Crippen LogP contribution in [0.1, 0.15) is 30.2 Å². The van der Waals surface area contributed by atoms with E-state index in [4.69, 9.17) is 9.63 Å². The van der Waals surface area contributed by atoms with Gasteiger partial charge in [-0.2, -0.15) is 18.2 Å². The zero-order valence-corrected chi connectivity index (χ0v) is 12.8. The number of hydrogen-bond donors (Lipinski definition) is 1. The van der Waals surface area contributed by atoms with Gasteiger partial charge in [-0.3, -0.25) is 0 Å². The first-order valence-corrected chi connectivity index (χ1v) is 7.44. The van der Waals surface area contributed by atoms with Crippen molar-refractivity contribution in [2.45, 2.75) is 24.9 Å². The molecule has 0 spiro atoms. The summed E-state index contributed by atoms with van der Waals surface area (Å²) >= 11 is 0. The molecule has 0 bridgehead atoms. The second-order valence-corrected chi connectivity index (χ2v) is 5.72. The Bertz CT molecular complexity index is 791. The van der Waals surface area contributed by atoms with Crippen molar-refractivity contribution >= 4 is 6.09 Å². The molecule has 134 valence electrons. The lowest BCUT2D eigenvalue weighted by Gasteiger charge is -2.28. The molecule has 2 heterocycles. The number of likely N-dealkylation sites (tertiary alicyclic amines) is 1. The summed E-state index contributed by atoms with van der Waals surface area (Å²) in [4.78, 5) is 16.3. The van der Waals surface area contributed by atoms with Crippen LogP contribution >= 0.6 is 0 Å². The van der Waals surface area contributed by atoms with Crippen molar-refractivity contribution in [3.8, 4) is 11.4 Å². The van der Waals surface area contributed by atoms with E-state index in [0.717, 1.165) is 6.07 Å². The van der Waals surface area contributed by atoms with E-state index in [-0.39, 0.29) is 29.7 Å². The Kier molecular flexibility index (Phi) is 4.36. The van der Waals surface area contributed by atoms with Crippen LogP contribution in [0.3, 0.4) is 0 Å². The second kappa shape index (κ2) is 6.34. The van der Waals surface area contributed by atoms with E-state index in [0.29, 0.717) is 31.5 Å². The molecule has 1 N–H and O–H groups in total. The number of halogens is 4. The maximum absolute atomic E-state index is 13.4. The lowest BCUT2D eigenvalue weighted by Crippen LogP contribution is -2.38. The minimum absolute atomic E-state index is 0.0328. The van der Waals surface area contributed by atoms with Gasteiger partial charge in [0.05, 0.1) is 11.5 Å². The summed E-state index contributed by atoms with van der Waals surface area (Å²) in [7, 11) is 0. The van der Waals surface area contributed by atoms with Gasteiger partial charge in [0.25, 0.3) is 0 Å². The third-order valence-corrected chi connectivity index (χ3v) is 4.01. The number of rotatable bonds is 2. The van der Waals surface area contributed by atoms with Gasteiger partial charge in [-0.25, -0.2) is 9.18 Å². The molecular formula is C15H13F4N3O3. The van der Waals surface area contributed by atoms with Crippen LogP contribution in [0.2, 0.25) is 0 Å². The number of alkyl halides is 3. The minimum atomic E-state index is -4.84. The van der Waals surface area contributed by atoms with Crippen LogP contribution in [-0.2, 0) is 6.18 Å². The Morgan fingerprint density at radius 1 is 1.36 bits per heavy atom. The normalized spacial score (nSPS) is 18.4. The fraction of sp³-hybridized carbons (Fsp3) is 0.400. The third-order valence-electron chi connectivity index (χ3n) is 4.01. The van der Waals surface area contributed by atoms with Gasteiger partial charge >= 0.3 is 12.3 Å². The Morgan fingerprint density at radius 2 is 2.12 bits per heavy atom. The molecule has 1 aliphatic rings. The average molecular weight is 359 g/mol. The topological polar surface area (TPSA) is 79.5 Å². The molecule has 0 aliphatic carbocycles. The lowest BCUT2D eigenvalue weighted by atomic mass is 9.98. The molecule has 1 amide bonds. The Morgan fingerprint density at radius 3 is 2.80 bits per heavy atom. The van der Waals surface area contributed by atoms with Gasteiger partial charge in [-0.05, 0) is 31.0 Å². The highest BCUT2D eigenvalue weighted by molar-refractivity contribution is 5.65. The van der Waals surface area contributed by atoms with Gasteiger partial charge < -0.3 is 14.5 Å². The fourth-order valence-electron chi connectivity index (χ4n) is 2.75. The molecule has 1 aromatic carbocycles. The number of carbonyl (C=O) groups is 1. The highest BCUT2D eigenvalue weighted by Crippen LogP contribution is 2.34. The number of aromatic nitrogens is 2. The highest BCUT2D eigenvalue weighted by atomic mass is 19.4. The molecular weight excluding hydrogens is 346 g/mol. The number of nitrogens with zero attached hydrogens (tertiary/aromatic N) is 3. The van der Waals surface area contributed by atoms with Crippen molar-refractivity contribution in [1.82, 2.24) is 15.0 Å². The Labute approximate surface area is 139 Å². The zero-order valence-electron chi connectivity index (χ0n) is 12.8. The summed E-state index contributed by atoms with van der Waals surface area (Å²) in [6, 6.07) is 2.44. The first-order chi connectivity index (χ1) is 11.8. The SMILES string of the molecule is O=C(O)N1CCCC(c2nc(-c3ccc(F)c(C(F)(F)F)c3)no2)C1. The summed E-state index contributed by atoms with van der Waals surface area (Å²) < 4.78 is 56.8. The number of amides is 1. The molecule has 0 saturated carbocycles. The molecule has 1 aliphatic heterocycles. The van der Waals surface area contributed by atoms with E-state index in [2.05, 4.69) is 10.1 Å². The van der Waals surface area contributed by atoms with Gasteiger partial charge in [0.15, 0.2) is 0 Å². The standard InChI is InChI=1S/C15H13F4N3O3/c16-11-4-3-8(6-10(11)15(17,18)19)12-20-13(25-21-12)9-2-1-5-22(7-9)14(23)24/h3-4,6,9H,1-2,5,7H2,(H,23,24). The molecule has 25 heavy (non-hydrogen) atoms. The van der Waals surface area contributed by atoms with Crippen LogP contribution in [0, 0.1) is 5.82 Å². The van der Waals surface area contributed by atoms with Crippen molar-refractivity contribution in [3.05, 3.63) is 35.5 Å². The summed E-state index contributed by atoms with van der Waals surface area (Å²) in [6.45, 7) is 0.577. The lowest BCUT2D eigenvalue weighted by molar-refractivity contribution is -0.139. The van der Waals surface area contributed by atoms with E-state index >= 15 is 0 Å². The van der Waals surface area contributed by atoms with Gasteiger partial charge in [-0.15, -0.1) is 0 Å². The maximum atomic E-state index is 13.4. The summed E-state index contributed by atoms with van der Waals surface area (Å²) in [5.41, 5.74) is -1.44. The molecule has 1 aromatic heterocycles. The van der Waals surface area contributed by atoms with Crippen molar-refractivity contribution in [2.24, 2.45) is 0 Å². The van der Waals surface area contributed by atoms with Gasteiger partial charge in [0, 0.05) is 18.7 Å². The molecule has 1 atom stereocenters. The predicted molar refractivity (Wildman–Crippen MR) is 76.3 cm³/mol. The zero-order chi connectivity index (χ0) is 18.2. The molecule has 0 radical (unpaired) electrons. The van der Waals surface area contributed by atoms with E-state index in [1.54, 1.807) is 0 Å². The largest absolute Gasteiger partial charge is 0.465 e. The maximum Gasteiger partial charge on any atom is 0.419 e. The summed E-state index contributed by atoms with van der Waals surface area (Å²) in [5.74, 6) is -1.66. The van der Waals surface area contributed by atoms with E-state index < -0.39 is 23.7 Å². The van der Waals surface area contributed by atoms with Crippen LogP contribution < -0.4 is 0 Å². The van der Waals surface area contributed by atoms with Crippen molar-refractivity contribution in [3.63, 3.8) is 0 Å². The van der Waals surface area contributed by atoms with E-state index in [1.165, 1.54) is 4.90 Å². The van der Waals surface area contributed by atoms with Crippen LogP contribution in [0.4, 0.5) is 22.4 Å². The first kappa shape index (κ1) is 17.2. The van der Waals surface area contributed by atoms with Gasteiger partial charge in [-0.1, -0.05) is 5.16 Å². The molecule has 6 nitrogen and oxygen atoms in total. The fourth-order valence-corrected chi connectivity index (χ4v) is 2.75. The second-order valence-electron chi connectivity index (χ2n) is 5.72. The third kappa shape index (κ3) is 3.57. The number of piperidine rings is 1. The number of carboxylic acid groups (broad SMARTS) is 1. The molecule has 1 fully saturated rings. The quantitative estimate of drug-likeness (QED) is 0.826. The van der Waals surface area contributed by atoms with Crippen molar-refractivity contribution < 1.29 is 32.0 Å². The first-order valence-electron chi connectivity index (χ1n) is 7.44. The smallest absolute Gasteiger partial charge is 0.419 e.